The molecule has 0 fully saturated rings. The van der Waals surface area contributed by atoms with Gasteiger partial charge < -0.3 is 0 Å². The Morgan fingerprint density at radius 1 is 1.06 bits per heavy atom. The third-order valence-corrected chi connectivity index (χ3v) is 4.02. The summed E-state index contributed by atoms with van der Waals surface area (Å²) in [5, 5.41) is 0. The Bertz CT molecular complexity index is 510. The third-order valence-electron chi connectivity index (χ3n) is 2.93. The monoisotopic (exact) mass is 326 g/mol. The number of alkyl halides is 1. The predicted molar refractivity (Wildman–Crippen MR) is 77.7 cm³/mol. The van der Waals surface area contributed by atoms with Crippen LogP contribution in [0.2, 0.25) is 0 Å². The van der Waals surface area contributed by atoms with Crippen LogP contribution < -0.4 is 0 Å². The van der Waals surface area contributed by atoms with Crippen molar-refractivity contribution in [2.45, 2.75) is 12.3 Å². The standard InChI is InChI=1S/C15H13BrClF/c16-15-4-2-1-3-14(15)12(10-17)9-11-5-7-13(18)8-6-11/h1-8,12H,9-10H2. The van der Waals surface area contributed by atoms with Crippen LogP contribution in [0.3, 0.4) is 0 Å². The molecule has 94 valence electrons. The summed E-state index contributed by atoms with van der Waals surface area (Å²) in [6.07, 6.45) is 0.812. The van der Waals surface area contributed by atoms with E-state index < -0.39 is 0 Å². The molecule has 0 radical (unpaired) electrons. The van der Waals surface area contributed by atoms with Crippen molar-refractivity contribution in [1.29, 1.82) is 0 Å². The van der Waals surface area contributed by atoms with Crippen LogP contribution in [0, 0.1) is 5.82 Å². The van der Waals surface area contributed by atoms with E-state index in [4.69, 9.17) is 11.6 Å². The lowest BCUT2D eigenvalue weighted by Crippen LogP contribution is -2.05. The molecule has 0 amide bonds. The maximum Gasteiger partial charge on any atom is 0.123 e. The molecule has 0 aliphatic carbocycles. The Morgan fingerprint density at radius 2 is 1.72 bits per heavy atom. The van der Waals surface area contributed by atoms with Gasteiger partial charge in [0, 0.05) is 16.3 Å². The molecule has 18 heavy (non-hydrogen) atoms. The van der Waals surface area contributed by atoms with Crippen LogP contribution in [0.15, 0.2) is 53.0 Å². The van der Waals surface area contributed by atoms with E-state index in [0.717, 1.165) is 16.5 Å². The van der Waals surface area contributed by atoms with Crippen molar-refractivity contribution in [3.8, 4) is 0 Å². The molecule has 0 saturated carbocycles. The van der Waals surface area contributed by atoms with Gasteiger partial charge in [0.15, 0.2) is 0 Å². The number of hydrogen-bond acceptors (Lipinski definition) is 0. The summed E-state index contributed by atoms with van der Waals surface area (Å²) in [6, 6.07) is 14.7. The Balaban J connectivity index is 2.20. The fourth-order valence-electron chi connectivity index (χ4n) is 1.96. The maximum absolute atomic E-state index is 12.9. The Morgan fingerprint density at radius 3 is 2.33 bits per heavy atom. The summed E-state index contributed by atoms with van der Waals surface area (Å²) < 4.78 is 13.9. The molecule has 0 N–H and O–H groups in total. The molecule has 0 aliphatic heterocycles. The molecule has 1 unspecified atom stereocenters. The van der Waals surface area contributed by atoms with E-state index in [9.17, 15) is 4.39 Å². The van der Waals surface area contributed by atoms with E-state index in [1.165, 1.54) is 17.7 Å². The minimum absolute atomic E-state index is 0.206. The van der Waals surface area contributed by atoms with E-state index in [1.54, 1.807) is 0 Å². The molecule has 3 heteroatoms. The summed E-state index contributed by atoms with van der Waals surface area (Å²) in [5.41, 5.74) is 2.29. The van der Waals surface area contributed by atoms with E-state index in [-0.39, 0.29) is 11.7 Å². The average Bonchev–Trinajstić information content (AvgIpc) is 2.39. The van der Waals surface area contributed by atoms with Crippen molar-refractivity contribution < 1.29 is 4.39 Å². The average molecular weight is 328 g/mol. The predicted octanol–water partition coefficient (Wildman–Crippen LogP) is 5.15. The molecule has 2 rings (SSSR count). The number of benzene rings is 2. The molecular formula is C15H13BrClF. The first-order valence-electron chi connectivity index (χ1n) is 5.75. The molecule has 0 saturated heterocycles. The maximum atomic E-state index is 12.9. The summed E-state index contributed by atoms with van der Waals surface area (Å²) in [5.74, 6) is 0.565. The minimum atomic E-state index is -0.206. The van der Waals surface area contributed by atoms with Gasteiger partial charge in [-0.05, 0) is 35.7 Å². The van der Waals surface area contributed by atoms with Crippen LogP contribution in [-0.2, 0) is 6.42 Å². The first-order chi connectivity index (χ1) is 8.70. The van der Waals surface area contributed by atoms with Crippen LogP contribution in [0.25, 0.3) is 0 Å². The lowest BCUT2D eigenvalue weighted by Gasteiger charge is -2.16. The first kappa shape index (κ1) is 13.6. The smallest absolute Gasteiger partial charge is 0.123 e. The van der Waals surface area contributed by atoms with Gasteiger partial charge in [-0.25, -0.2) is 4.39 Å². The largest absolute Gasteiger partial charge is 0.207 e. The fourth-order valence-corrected chi connectivity index (χ4v) is 2.84. The second kappa shape index (κ2) is 6.35. The summed E-state index contributed by atoms with van der Waals surface area (Å²) in [6.45, 7) is 0. The van der Waals surface area contributed by atoms with E-state index in [2.05, 4.69) is 22.0 Å². The van der Waals surface area contributed by atoms with Crippen molar-refractivity contribution >= 4 is 27.5 Å². The Kier molecular flexibility index (Phi) is 4.79. The number of rotatable bonds is 4. The quantitative estimate of drug-likeness (QED) is 0.681. The molecule has 0 aromatic heterocycles. The zero-order chi connectivity index (χ0) is 13.0. The molecule has 2 aromatic rings. The minimum Gasteiger partial charge on any atom is -0.207 e. The zero-order valence-electron chi connectivity index (χ0n) is 9.74. The highest BCUT2D eigenvalue weighted by Crippen LogP contribution is 2.28. The molecule has 2 aromatic carbocycles. The number of hydrogen-bond donors (Lipinski definition) is 0. The second-order valence-corrected chi connectivity index (χ2v) is 5.37. The lowest BCUT2D eigenvalue weighted by atomic mass is 9.93. The highest BCUT2D eigenvalue weighted by atomic mass is 79.9. The van der Waals surface area contributed by atoms with Gasteiger partial charge in [0.25, 0.3) is 0 Å². The van der Waals surface area contributed by atoms with Gasteiger partial charge in [-0.3, -0.25) is 0 Å². The van der Waals surface area contributed by atoms with Crippen LogP contribution in [-0.4, -0.2) is 5.88 Å². The first-order valence-corrected chi connectivity index (χ1v) is 7.08. The zero-order valence-corrected chi connectivity index (χ0v) is 12.1. The molecule has 0 spiro atoms. The van der Waals surface area contributed by atoms with Gasteiger partial charge in [0.05, 0.1) is 0 Å². The van der Waals surface area contributed by atoms with Crippen LogP contribution in [0.5, 0.6) is 0 Å². The van der Waals surface area contributed by atoms with Crippen LogP contribution in [0.4, 0.5) is 4.39 Å². The number of halogens is 3. The fraction of sp³-hybridized carbons (Fsp3) is 0.200. The molecule has 0 heterocycles. The van der Waals surface area contributed by atoms with Crippen molar-refractivity contribution in [2.75, 3.05) is 5.88 Å². The van der Waals surface area contributed by atoms with Gasteiger partial charge in [-0.2, -0.15) is 0 Å². The highest BCUT2D eigenvalue weighted by molar-refractivity contribution is 9.10. The summed E-state index contributed by atoms with van der Waals surface area (Å²) in [7, 11) is 0. The normalized spacial score (nSPS) is 12.4. The topological polar surface area (TPSA) is 0 Å². The SMILES string of the molecule is Fc1ccc(CC(CCl)c2ccccc2Br)cc1. The van der Waals surface area contributed by atoms with Crippen molar-refractivity contribution in [3.05, 3.63) is 69.9 Å². The Hall–Kier alpha value is -0.860. The van der Waals surface area contributed by atoms with Gasteiger partial charge in [0.1, 0.15) is 5.82 Å². The van der Waals surface area contributed by atoms with Gasteiger partial charge in [-0.1, -0.05) is 46.3 Å². The summed E-state index contributed by atoms with van der Waals surface area (Å²) in [4.78, 5) is 0. The van der Waals surface area contributed by atoms with Crippen LogP contribution in [0.1, 0.15) is 17.0 Å². The molecule has 0 bridgehead atoms. The van der Waals surface area contributed by atoms with Crippen molar-refractivity contribution in [1.82, 2.24) is 0 Å². The Labute approximate surface area is 120 Å². The lowest BCUT2D eigenvalue weighted by molar-refractivity contribution is 0.626. The van der Waals surface area contributed by atoms with Crippen LogP contribution >= 0.6 is 27.5 Å². The molecule has 0 aliphatic rings. The highest BCUT2D eigenvalue weighted by Gasteiger charge is 2.13. The molecule has 1 atom stereocenters. The van der Waals surface area contributed by atoms with Crippen molar-refractivity contribution in [2.24, 2.45) is 0 Å². The van der Waals surface area contributed by atoms with E-state index in [1.807, 2.05) is 30.3 Å². The van der Waals surface area contributed by atoms with E-state index >= 15 is 0 Å². The van der Waals surface area contributed by atoms with E-state index in [0.29, 0.717) is 5.88 Å². The van der Waals surface area contributed by atoms with Crippen molar-refractivity contribution in [3.63, 3.8) is 0 Å². The third kappa shape index (κ3) is 3.33. The van der Waals surface area contributed by atoms with Gasteiger partial charge in [-0.15, -0.1) is 11.6 Å². The van der Waals surface area contributed by atoms with Gasteiger partial charge >= 0.3 is 0 Å². The second-order valence-electron chi connectivity index (χ2n) is 4.20. The molecule has 0 nitrogen and oxygen atoms in total. The summed E-state index contributed by atoms with van der Waals surface area (Å²) >= 11 is 9.60. The van der Waals surface area contributed by atoms with Gasteiger partial charge in [0.2, 0.25) is 0 Å². The molecular weight excluding hydrogens is 315 g/mol.